The Morgan fingerprint density at radius 1 is 1.03 bits per heavy atom. The van der Waals surface area contributed by atoms with Gasteiger partial charge in [-0.15, -0.1) is 0 Å². The molecule has 5 rings (SSSR count). The van der Waals surface area contributed by atoms with E-state index in [-0.39, 0.29) is 11.5 Å². The van der Waals surface area contributed by atoms with Gasteiger partial charge in [0.25, 0.3) is 0 Å². The first-order valence-corrected chi connectivity index (χ1v) is 12.0. The standard InChI is InChI=1S/C28H36O3/c1-16-11-18(12-17(2)27(16)30)13-20-14-23-19(15-25(20)31-4)5-6-22-21(23)9-10-28(3)24(22)7-8-26(28)29/h11-12,14-15,21-22,24,26,29-30H,5-10,13H2,1-4H3/t21-,22+,24-,26+,28-/m0/s1. The van der Waals surface area contributed by atoms with E-state index >= 15 is 0 Å². The normalized spacial score (nSPS) is 31.6. The second-order valence-electron chi connectivity index (χ2n) is 10.7. The number of fused-ring (bicyclic) bond motifs is 5. The van der Waals surface area contributed by atoms with Crippen LogP contribution in [-0.2, 0) is 12.8 Å². The van der Waals surface area contributed by atoms with Crippen LogP contribution in [0.1, 0.15) is 78.3 Å². The van der Waals surface area contributed by atoms with Crippen LogP contribution in [0.4, 0.5) is 0 Å². The Labute approximate surface area is 186 Å². The molecule has 5 atom stereocenters. The van der Waals surface area contributed by atoms with Crippen LogP contribution < -0.4 is 4.74 Å². The van der Waals surface area contributed by atoms with Gasteiger partial charge in [-0.25, -0.2) is 0 Å². The van der Waals surface area contributed by atoms with Gasteiger partial charge < -0.3 is 14.9 Å². The Bertz CT molecular complexity index is 987. The molecule has 3 aliphatic rings. The number of hydrogen-bond donors (Lipinski definition) is 2. The average molecular weight is 421 g/mol. The zero-order chi connectivity index (χ0) is 21.9. The summed E-state index contributed by atoms with van der Waals surface area (Å²) in [6, 6.07) is 8.90. The average Bonchev–Trinajstić information content (AvgIpc) is 3.06. The molecule has 2 N–H and O–H groups in total. The fourth-order valence-corrected chi connectivity index (χ4v) is 7.31. The van der Waals surface area contributed by atoms with Crippen molar-refractivity contribution in [3.8, 4) is 11.5 Å². The summed E-state index contributed by atoms with van der Waals surface area (Å²) >= 11 is 0. The first-order chi connectivity index (χ1) is 14.8. The number of benzene rings is 2. The molecule has 3 aliphatic carbocycles. The van der Waals surface area contributed by atoms with Crippen LogP contribution in [0.3, 0.4) is 0 Å². The molecule has 0 saturated heterocycles. The van der Waals surface area contributed by atoms with Crippen LogP contribution in [0.15, 0.2) is 24.3 Å². The van der Waals surface area contributed by atoms with Gasteiger partial charge in [-0.1, -0.05) is 25.1 Å². The lowest BCUT2D eigenvalue weighted by Gasteiger charge is -2.50. The summed E-state index contributed by atoms with van der Waals surface area (Å²) in [5.74, 6) is 3.34. The van der Waals surface area contributed by atoms with Crippen LogP contribution in [0, 0.1) is 31.1 Å². The molecular formula is C28H36O3. The van der Waals surface area contributed by atoms with Gasteiger partial charge in [0.2, 0.25) is 0 Å². The van der Waals surface area contributed by atoms with Crippen molar-refractivity contribution in [3.63, 3.8) is 0 Å². The number of phenolic OH excluding ortho intramolecular Hbond substituents is 1. The molecular weight excluding hydrogens is 384 g/mol. The first kappa shape index (κ1) is 20.9. The van der Waals surface area contributed by atoms with Gasteiger partial charge in [0.1, 0.15) is 11.5 Å². The molecule has 31 heavy (non-hydrogen) atoms. The highest BCUT2D eigenvalue weighted by Gasteiger charge is 2.54. The molecule has 3 heteroatoms. The highest BCUT2D eigenvalue weighted by atomic mass is 16.5. The van der Waals surface area contributed by atoms with E-state index in [2.05, 4.69) is 31.2 Å². The topological polar surface area (TPSA) is 49.7 Å². The van der Waals surface area contributed by atoms with Crippen LogP contribution in [0.25, 0.3) is 0 Å². The third-order valence-electron chi connectivity index (χ3n) is 9.02. The maximum Gasteiger partial charge on any atom is 0.122 e. The Morgan fingerprint density at radius 2 is 1.77 bits per heavy atom. The van der Waals surface area contributed by atoms with Crippen molar-refractivity contribution < 1.29 is 14.9 Å². The number of ether oxygens (including phenoxy) is 1. The molecule has 2 aromatic carbocycles. The van der Waals surface area contributed by atoms with Gasteiger partial charge in [0.15, 0.2) is 0 Å². The molecule has 2 saturated carbocycles. The quantitative estimate of drug-likeness (QED) is 0.657. The summed E-state index contributed by atoms with van der Waals surface area (Å²) in [6.07, 6.45) is 7.54. The fraction of sp³-hybridized carbons (Fsp3) is 0.571. The Balaban J connectivity index is 1.50. The predicted octanol–water partition coefficient (Wildman–Crippen LogP) is 5.83. The van der Waals surface area contributed by atoms with E-state index in [1.54, 1.807) is 7.11 Å². The second-order valence-corrected chi connectivity index (χ2v) is 10.7. The van der Waals surface area contributed by atoms with Crippen molar-refractivity contribution in [2.75, 3.05) is 7.11 Å². The Hall–Kier alpha value is -2.00. The molecule has 0 aliphatic heterocycles. The smallest absolute Gasteiger partial charge is 0.122 e. The highest BCUT2D eigenvalue weighted by Crippen LogP contribution is 2.61. The van der Waals surface area contributed by atoms with Gasteiger partial charge in [-0.3, -0.25) is 0 Å². The molecule has 3 nitrogen and oxygen atoms in total. The molecule has 0 heterocycles. The molecule has 0 aromatic heterocycles. The van der Waals surface area contributed by atoms with Crippen molar-refractivity contribution in [3.05, 3.63) is 57.6 Å². The molecule has 0 unspecified atom stereocenters. The van der Waals surface area contributed by atoms with Crippen molar-refractivity contribution in [1.29, 1.82) is 0 Å². The largest absolute Gasteiger partial charge is 0.507 e. The van der Waals surface area contributed by atoms with E-state index in [9.17, 15) is 10.2 Å². The third kappa shape index (κ3) is 3.28. The number of aliphatic hydroxyl groups is 1. The van der Waals surface area contributed by atoms with E-state index in [1.165, 1.54) is 41.5 Å². The second kappa shape index (κ2) is 7.55. The minimum Gasteiger partial charge on any atom is -0.507 e. The van der Waals surface area contributed by atoms with E-state index < -0.39 is 0 Å². The number of methoxy groups -OCH3 is 1. The van der Waals surface area contributed by atoms with E-state index in [1.807, 2.05) is 13.8 Å². The van der Waals surface area contributed by atoms with Crippen molar-refractivity contribution in [2.45, 2.75) is 77.7 Å². The summed E-state index contributed by atoms with van der Waals surface area (Å²) in [5, 5.41) is 20.8. The minimum absolute atomic E-state index is 0.118. The fourth-order valence-electron chi connectivity index (χ4n) is 7.31. The van der Waals surface area contributed by atoms with E-state index in [0.717, 1.165) is 42.6 Å². The highest BCUT2D eigenvalue weighted by molar-refractivity contribution is 5.50. The van der Waals surface area contributed by atoms with Crippen LogP contribution in [0.5, 0.6) is 11.5 Å². The predicted molar refractivity (Wildman–Crippen MR) is 124 cm³/mol. The summed E-state index contributed by atoms with van der Waals surface area (Å²) < 4.78 is 5.82. The first-order valence-electron chi connectivity index (χ1n) is 12.0. The van der Waals surface area contributed by atoms with Crippen LogP contribution in [-0.4, -0.2) is 23.4 Å². The third-order valence-corrected chi connectivity index (χ3v) is 9.02. The summed E-state index contributed by atoms with van der Waals surface area (Å²) in [7, 11) is 1.77. The molecule has 0 bridgehead atoms. The van der Waals surface area contributed by atoms with Gasteiger partial charge >= 0.3 is 0 Å². The number of hydrogen-bond acceptors (Lipinski definition) is 3. The summed E-state index contributed by atoms with van der Waals surface area (Å²) in [4.78, 5) is 0. The van der Waals surface area contributed by atoms with Gasteiger partial charge in [-0.2, -0.15) is 0 Å². The van der Waals surface area contributed by atoms with Crippen LogP contribution in [0.2, 0.25) is 0 Å². The number of aliphatic hydroxyl groups excluding tert-OH is 1. The molecule has 0 spiro atoms. The van der Waals surface area contributed by atoms with Crippen molar-refractivity contribution in [1.82, 2.24) is 0 Å². The zero-order valence-corrected chi connectivity index (χ0v) is 19.4. The van der Waals surface area contributed by atoms with E-state index in [4.69, 9.17) is 4.74 Å². The van der Waals surface area contributed by atoms with Gasteiger partial charge in [-0.05, 0) is 115 Å². The minimum atomic E-state index is -0.118. The lowest BCUT2D eigenvalue weighted by Crippen LogP contribution is -2.43. The number of aromatic hydroxyl groups is 1. The summed E-state index contributed by atoms with van der Waals surface area (Å²) in [5.41, 5.74) is 7.43. The van der Waals surface area contributed by atoms with Crippen LogP contribution >= 0.6 is 0 Å². The van der Waals surface area contributed by atoms with Crippen molar-refractivity contribution >= 4 is 0 Å². The van der Waals surface area contributed by atoms with Gasteiger partial charge in [0.05, 0.1) is 13.2 Å². The zero-order valence-electron chi connectivity index (χ0n) is 19.4. The summed E-state index contributed by atoms with van der Waals surface area (Å²) in [6.45, 7) is 6.28. The lowest BCUT2D eigenvalue weighted by atomic mass is 9.55. The van der Waals surface area contributed by atoms with E-state index in [0.29, 0.717) is 23.5 Å². The molecule has 166 valence electrons. The molecule has 2 aromatic rings. The number of rotatable bonds is 3. The SMILES string of the molecule is COc1cc2c(cc1Cc1cc(C)c(O)c(C)c1)[C@H]1CC[C@]3(C)[C@H](O)CC[C@H]3[C@@H]1CC2. The van der Waals surface area contributed by atoms with Crippen molar-refractivity contribution in [2.24, 2.45) is 17.3 Å². The molecule has 0 radical (unpaired) electrons. The Morgan fingerprint density at radius 3 is 2.48 bits per heavy atom. The lowest BCUT2D eigenvalue weighted by molar-refractivity contribution is -0.0226. The van der Waals surface area contributed by atoms with Gasteiger partial charge in [0, 0.05) is 6.42 Å². The number of aryl methyl sites for hydroxylation is 3. The molecule has 0 amide bonds. The maximum atomic E-state index is 10.7. The monoisotopic (exact) mass is 420 g/mol. The Kier molecular flexibility index (Phi) is 5.08. The number of phenols is 1. The molecule has 2 fully saturated rings. The maximum absolute atomic E-state index is 10.7.